The first-order valence-corrected chi connectivity index (χ1v) is 8.43. The molecule has 124 valence electrons. The number of nitrogens with one attached hydrogen (secondary N) is 1. The topological polar surface area (TPSA) is 72.7 Å². The lowest BCUT2D eigenvalue weighted by atomic mass is 10.1. The van der Waals surface area contributed by atoms with Crippen molar-refractivity contribution in [3.8, 4) is 5.69 Å². The molecule has 0 aliphatic carbocycles. The fourth-order valence-corrected chi connectivity index (χ4v) is 2.47. The summed E-state index contributed by atoms with van der Waals surface area (Å²) in [5.41, 5.74) is 1.59. The van der Waals surface area contributed by atoms with E-state index in [1.54, 1.807) is 4.68 Å². The molecule has 0 spiro atoms. The van der Waals surface area contributed by atoms with Crippen molar-refractivity contribution in [3.63, 3.8) is 0 Å². The van der Waals surface area contributed by atoms with Crippen molar-refractivity contribution in [1.82, 2.24) is 20.2 Å². The van der Waals surface area contributed by atoms with E-state index < -0.39 is 0 Å². The minimum Gasteiger partial charge on any atom is -0.326 e. The number of nitrogens with zero attached hydrogens (tertiary/aromatic N) is 4. The smallest absolute Gasteiger partial charge is 0.224 e. The van der Waals surface area contributed by atoms with Gasteiger partial charge in [-0.2, -0.15) is 0 Å². The van der Waals surface area contributed by atoms with E-state index in [0.29, 0.717) is 6.42 Å². The quantitative estimate of drug-likeness (QED) is 0.678. The first-order valence-electron chi connectivity index (χ1n) is 8.43. The molecule has 1 N–H and O–H groups in total. The summed E-state index contributed by atoms with van der Waals surface area (Å²) in [4.78, 5) is 12.0. The molecule has 6 nitrogen and oxygen atoms in total. The van der Waals surface area contributed by atoms with Crippen LogP contribution in [0.25, 0.3) is 5.69 Å². The minimum atomic E-state index is 0.0624. The maximum atomic E-state index is 12.0. The van der Waals surface area contributed by atoms with Crippen molar-refractivity contribution in [2.75, 3.05) is 5.32 Å². The molecular formula is C17H25N5O. The van der Waals surface area contributed by atoms with Gasteiger partial charge in [-0.3, -0.25) is 4.79 Å². The standard InChI is InChI=1S/C17H25N5O/c1-2-3-4-5-6-7-8-12-17(23)19-15-10-9-11-16(13-15)22-14-18-20-21-22/h9-11,13-14H,2-8,12H2,1H3,(H,19,23). The molecule has 1 heterocycles. The second-order valence-electron chi connectivity index (χ2n) is 5.72. The number of rotatable bonds is 10. The van der Waals surface area contributed by atoms with Crippen molar-refractivity contribution >= 4 is 11.6 Å². The lowest BCUT2D eigenvalue weighted by Gasteiger charge is -2.07. The van der Waals surface area contributed by atoms with Gasteiger partial charge in [0.15, 0.2) is 0 Å². The van der Waals surface area contributed by atoms with Crippen LogP contribution in [-0.4, -0.2) is 26.1 Å². The van der Waals surface area contributed by atoms with Gasteiger partial charge in [0, 0.05) is 12.1 Å². The van der Waals surface area contributed by atoms with Crippen LogP contribution in [-0.2, 0) is 4.79 Å². The van der Waals surface area contributed by atoms with Crippen LogP contribution in [0.1, 0.15) is 58.3 Å². The van der Waals surface area contributed by atoms with Gasteiger partial charge in [0.1, 0.15) is 6.33 Å². The Morgan fingerprint density at radius 3 is 2.65 bits per heavy atom. The number of amides is 1. The van der Waals surface area contributed by atoms with E-state index >= 15 is 0 Å². The van der Waals surface area contributed by atoms with Gasteiger partial charge in [-0.05, 0) is 35.0 Å². The van der Waals surface area contributed by atoms with Gasteiger partial charge in [0.05, 0.1) is 5.69 Å². The highest BCUT2D eigenvalue weighted by Crippen LogP contribution is 2.14. The first kappa shape index (κ1) is 17.1. The van der Waals surface area contributed by atoms with E-state index in [2.05, 4.69) is 27.8 Å². The van der Waals surface area contributed by atoms with Gasteiger partial charge in [-0.1, -0.05) is 51.5 Å². The first-order chi connectivity index (χ1) is 11.3. The molecule has 1 aromatic carbocycles. The Morgan fingerprint density at radius 2 is 1.91 bits per heavy atom. The fraction of sp³-hybridized carbons (Fsp3) is 0.529. The number of benzene rings is 1. The van der Waals surface area contributed by atoms with Crippen molar-refractivity contribution in [3.05, 3.63) is 30.6 Å². The number of carbonyl (C=O) groups excluding carboxylic acids is 1. The molecule has 2 rings (SSSR count). The largest absolute Gasteiger partial charge is 0.326 e. The minimum absolute atomic E-state index is 0.0624. The maximum absolute atomic E-state index is 12.0. The summed E-state index contributed by atoms with van der Waals surface area (Å²) in [6.07, 6.45) is 10.6. The summed E-state index contributed by atoms with van der Waals surface area (Å²) in [6, 6.07) is 7.50. The molecular weight excluding hydrogens is 290 g/mol. The zero-order chi connectivity index (χ0) is 16.3. The molecule has 1 aromatic heterocycles. The van der Waals surface area contributed by atoms with Gasteiger partial charge in [0.2, 0.25) is 5.91 Å². The predicted molar refractivity (Wildman–Crippen MR) is 90.4 cm³/mol. The highest BCUT2D eigenvalue weighted by Gasteiger charge is 2.04. The molecule has 0 bridgehead atoms. The zero-order valence-corrected chi connectivity index (χ0v) is 13.7. The van der Waals surface area contributed by atoms with Gasteiger partial charge in [-0.25, -0.2) is 4.68 Å². The van der Waals surface area contributed by atoms with Gasteiger partial charge in [0.25, 0.3) is 0 Å². The van der Waals surface area contributed by atoms with Crippen LogP contribution in [0.2, 0.25) is 0 Å². The lowest BCUT2D eigenvalue weighted by Crippen LogP contribution is -2.11. The summed E-state index contributed by atoms with van der Waals surface area (Å²) < 4.78 is 1.56. The van der Waals surface area contributed by atoms with Crippen molar-refractivity contribution < 1.29 is 4.79 Å². The molecule has 1 amide bonds. The molecule has 0 aliphatic heterocycles. The number of hydrogen-bond donors (Lipinski definition) is 1. The third-order valence-electron chi connectivity index (χ3n) is 3.75. The molecule has 23 heavy (non-hydrogen) atoms. The van der Waals surface area contributed by atoms with E-state index in [4.69, 9.17) is 0 Å². The molecule has 6 heteroatoms. The Hall–Kier alpha value is -2.24. The molecule has 0 atom stereocenters. The zero-order valence-electron chi connectivity index (χ0n) is 13.7. The number of aromatic nitrogens is 4. The Kier molecular flexibility index (Phi) is 7.23. The van der Waals surface area contributed by atoms with E-state index in [-0.39, 0.29) is 5.91 Å². The van der Waals surface area contributed by atoms with Crippen LogP contribution >= 0.6 is 0 Å². The SMILES string of the molecule is CCCCCCCCCC(=O)Nc1cccc(-n2cnnn2)c1. The van der Waals surface area contributed by atoms with Crippen molar-refractivity contribution in [2.45, 2.75) is 58.3 Å². The van der Waals surface area contributed by atoms with Crippen LogP contribution < -0.4 is 5.32 Å². The van der Waals surface area contributed by atoms with E-state index in [1.807, 2.05) is 24.3 Å². The van der Waals surface area contributed by atoms with Gasteiger partial charge >= 0.3 is 0 Å². The summed E-state index contributed by atoms with van der Waals surface area (Å²) in [7, 11) is 0. The second kappa shape index (κ2) is 9.71. The molecule has 0 aliphatic rings. The molecule has 0 fully saturated rings. The van der Waals surface area contributed by atoms with Gasteiger partial charge in [-0.15, -0.1) is 5.10 Å². The monoisotopic (exact) mass is 315 g/mol. The highest BCUT2D eigenvalue weighted by atomic mass is 16.1. The fourth-order valence-electron chi connectivity index (χ4n) is 2.47. The summed E-state index contributed by atoms with van der Waals surface area (Å²) >= 11 is 0. The summed E-state index contributed by atoms with van der Waals surface area (Å²) in [5, 5.41) is 14.0. The molecule has 0 radical (unpaired) electrons. The average Bonchev–Trinajstić information content (AvgIpc) is 3.09. The normalized spacial score (nSPS) is 10.7. The molecule has 2 aromatic rings. The average molecular weight is 315 g/mol. The number of tetrazole rings is 1. The Morgan fingerprint density at radius 1 is 1.13 bits per heavy atom. The van der Waals surface area contributed by atoms with Gasteiger partial charge < -0.3 is 5.32 Å². The third kappa shape index (κ3) is 6.18. The number of carbonyl (C=O) groups is 1. The van der Waals surface area contributed by atoms with Crippen LogP contribution in [0.4, 0.5) is 5.69 Å². The van der Waals surface area contributed by atoms with E-state index in [9.17, 15) is 4.79 Å². The Bertz CT molecular complexity index is 582. The van der Waals surface area contributed by atoms with Crippen LogP contribution in [0.15, 0.2) is 30.6 Å². The number of unbranched alkanes of at least 4 members (excludes halogenated alkanes) is 6. The van der Waals surface area contributed by atoms with Crippen molar-refractivity contribution in [2.24, 2.45) is 0 Å². The van der Waals surface area contributed by atoms with E-state index in [0.717, 1.165) is 24.2 Å². The summed E-state index contributed by atoms with van der Waals surface area (Å²) in [5.74, 6) is 0.0624. The Balaban J connectivity index is 1.70. The molecule has 0 unspecified atom stereocenters. The van der Waals surface area contributed by atoms with Crippen molar-refractivity contribution in [1.29, 1.82) is 0 Å². The second-order valence-corrected chi connectivity index (χ2v) is 5.72. The van der Waals surface area contributed by atoms with Crippen LogP contribution in [0.5, 0.6) is 0 Å². The van der Waals surface area contributed by atoms with E-state index in [1.165, 1.54) is 38.4 Å². The van der Waals surface area contributed by atoms with Crippen LogP contribution in [0.3, 0.4) is 0 Å². The number of anilines is 1. The molecule has 0 saturated carbocycles. The maximum Gasteiger partial charge on any atom is 0.224 e. The lowest BCUT2D eigenvalue weighted by molar-refractivity contribution is -0.116. The Labute approximate surface area is 137 Å². The van der Waals surface area contributed by atoms with Crippen LogP contribution in [0, 0.1) is 0 Å². The third-order valence-corrected chi connectivity index (χ3v) is 3.75. The molecule has 0 saturated heterocycles. The number of hydrogen-bond acceptors (Lipinski definition) is 4. The summed E-state index contributed by atoms with van der Waals surface area (Å²) in [6.45, 7) is 2.22. The highest BCUT2D eigenvalue weighted by molar-refractivity contribution is 5.90. The predicted octanol–water partition coefficient (Wildman–Crippen LogP) is 3.74.